The quantitative estimate of drug-likeness (QED) is 0.792. The van der Waals surface area contributed by atoms with Gasteiger partial charge in [0.25, 0.3) is 10.0 Å². The number of pyridine rings is 1. The van der Waals surface area contributed by atoms with Crippen LogP contribution in [0.2, 0.25) is 0 Å². The van der Waals surface area contributed by atoms with Crippen molar-refractivity contribution in [3.05, 3.63) is 65.4 Å². The molecule has 0 atom stereocenters. The van der Waals surface area contributed by atoms with Gasteiger partial charge in [-0.25, -0.2) is 8.42 Å². The first-order chi connectivity index (χ1) is 10.8. The van der Waals surface area contributed by atoms with Gasteiger partial charge in [0.15, 0.2) is 0 Å². The minimum atomic E-state index is -3.70. The monoisotopic (exact) mass is 326 g/mol. The summed E-state index contributed by atoms with van der Waals surface area (Å²) in [5, 5.41) is 0.813. The smallest absolute Gasteiger partial charge is 0.264 e. The van der Waals surface area contributed by atoms with Crippen LogP contribution in [-0.2, 0) is 10.0 Å². The third-order valence-corrected chi connectivity index (χ3v) is 4.99. The first-order valence-electron chi connectivity index (χ1n) is 7.32. The van der Waals surface area contributed by atoms with Crippen molar-refractivity contribution in [2.45, 2.75) is 25.7 Å². The lowest BCUT2D eigenvalue weighted by Crippen LogP contribution is -2.14. The maximum absolute atomic E-state index is 12.8. The molecule has 0 aliphatic carbocycles. The van der Waals surface area contributed by atoms with Crippen LogP contribution in [0, 0.1) is 20.8 Å². The van der Waals surface area contributed by atoms with Crippen LogP contribution in [0.1, 0.15) is 16.7 Å². The molecule has 1 N–H and O–H groups in total. The van der Waals surface area contributed by atoms with E-state index in [1.54, 1.807) is 18.3 Å². The molecule has 1 heterocycles. The molecular weight excluding hydrogens is 308 g/mol. The van der Waals surface area contributed by atoms with Crippen LogP contribution in [0.25, 0.3) is 10.9 Å². The minimum absolute atomic E-state index is 0.189. The van der Waals surface area contributed by atoms with E-state index in [4.69, 9.17) is 0 Å². The molecule has 0 unspecified atom stereocenters. The van der Waals surface area contributed by atoms with Crippen molar-refractivity contribution in [2.75, 3.05) is 4.72 Å². The minimum Gasteiger partial charge on any atom is -0.280 e. The second-order valence-electron chi connectivity index (χ2n) is 5.82. The van der Waals surface area contributed by atoms with Crippen molar-refractivity contribution >= 4 is 26.6 Å². The maximum atomic E-state index is 12.8. The van der Waals surface area contributed by atoms with Gasteiger partial charge in [-0.2, -0.15) is 0 Å². The number of aryl methyl sites for hydroxylation is 3. The summed E-state index contributed by atoms with van der Waals surface area (Å²) < 4.78 is 28.2. The van der Waals surface area contributed by atoms with Crippen LogP contribution in [0.4, 0.5) is 5.69 Å². The highest BCUT2D eigenvalue weighted by molar-refractivity contribution is 7.93. The Hall–Kier alpha value is -2.40. The number of para-hydroxylation sites is 1. The average molecular weight is 326 g/mol. The molecule has 0 spiro atoms. The van der Waals surface area contributed by atoms with E-state index in [9.17, 15) is 8.42 Å². The van der Waals surface area contributed by atoms with Gasteiger partial charge >= 0.3 is 0 Å². The average Bonchev–Trinajstić information content (AvgIpc) is 2.44. The number of benzene rings is 2. The molecule has 0 fully saturated rings. The Kier molecular flexibility index (Phi) is 3.82. The molecule has 0 aliphatic rings. The zero-order valence-corrected chi connectivity index (χ0v) is 14.1. The topological polar surface area (TPSA) is 59.1 Å². The Bertz CT molecular complexity index is 975. The van der Waals surface area contributed by atoms with Crippen molar-refractivity contribution in [1.29, 1.82) is 0 Å². The summed E-state index contributed by atoms with van der Waals surface area (Å²) in [6.07, 6.45) is 1.68. The van der Waals surface area contributed by atoms with Crippen LogP contribution in [0.5, 0.6) is 0 Å². The summed E-state index contributed by atoms with van der Waals surface area (Å²) in [6.45, 7) is 5.81. The number of anilines is 1. The van der Waals surface area contributed by atoms with Crippen molar-refractivity contribution in [2.24, 2.45) is 0 Å². The third-order valence-electron chi connectivity index (χ3n) is 3.57. The number of sulfonamides is 1. The molecule has 118 valence electrons. The summed E-state index contributed by atoms with van der Waals surface area (Å²) in [7, 11) is -3.70. The highest BCUT2D eigenvalue weighted by Crippen LogP contribution is 2.24. The van der Waals surface area contributed by atoms with E-state index in [-0.39, 0.29) is 4.90 Å². The zero-order valence-electron chi connectivity index (χ0n) is 13.3. The second kappa shape index (κ2) is 5.66. The lowest BCUT2D eigenvalue weighted by Gasteiger charge is -2.11. The van der Waals surface area contributed by atoms with Gasteiger partial charge in [0.1, 0.15) is 4.90 Å². The number of hydrogen-bond donors (Lipinski definition) is 1. The molecule has 2 aromatic carbocycles. The summed E-state index contributed by atoms with van der Waals surface area (Å²) in [5.41, 5.74) is 4.06. The number of fused-ring (bicyclic) bond motifs is 1. The zero-order chi connectivity index (χ0) is 16.6. The summed E-state index contributed by atoms with van der Waals surface area (Å²) in [5.74, 6) is 0. The summed E-state index contributed by atoms with van der Waals surface area (Å²) in [6, 6.07) is 12.7. The summed E-state index contributed by atoms with van der Waals surface area (Å²) >= 11 is 0. The molecule has 3 aromatic rings. The van der Waals surface area contributed by atoms with Gasteiger partial charge in [-0.1, -0.05) is 18.2 Å². The molecule has 0 saturated heterocycles. The van der Waals surface area contributed by atoms with Gasteiger partial charge in [0, 0.05) is 17.3 Å². The van der Waals surface area contributed by atoms with E-state index < -0.39 is 10.0 Å². The van der Waals surface area contributed by atoms with E-state index >= 15 is 0 Å². The van der Waals surface area contributed by atoms with Crippen LogP contribution in [0.15, 0.2) is 53.6 Å². The largest absolute Gasteiger partial charge is 0.280 e. The molecule has 4 nitrogen and oxygen atoms in total. The molecule has 3 rings (SSSR count). The predicted molar refractivity (Wildman–Crippen MR) is 93.2 cm³/mol. The lowest BCUT2D eigenvalue weighted by atomic mass is 10.1. The van der Waals surface area contributed by atoms with Gasteiger partial charge < -0.3 is 0 Å². The van der Waals surface area contributed by atoms with Gasteiger partial charge in [-0.15, -0.1) is 0 Å². The molecule has 1 aromatic heterocycles. The molecular formula is C18H18N2O2S. The first kappa shape index (κ1) is 15.5. The van der Waals surface area contributed by atoms with Gasteiger partial charge in [-0.3, -0.25) is 9.71 Å². The van der Waals surface area contributed by atoms with Crippen molar-refractivity contribution in [1.82, 2.24) is 4.98 Å². The Morgan fingerprint density at radius 2 is 1.61 bits per heavy atom. The van der Waals surface area contributed by atoms with Gasteiger partial charge in [-0.05, 0) is 61.7 Å². The van der Waals surface area contributed by atoms with E-state index in [1.165, 1.54) is 0 Å². The number of aromatic nitrogens is 1. The fourth-order valence-electron chi connectivity index (χ4n) is 2.70. The lowest BCUT2D eigenvalue weighted by molar-refractivity contribution is 0.602. The van der Waals surface area contributed by atoms with Crippen LogP contribution < -0.4 is 4.72 Å². The Balaban J connectivity index is 2.09. The van der Waals surface area contributed by atoms with Crippen molar-refractivity contribution in [3.8, 4) is 0 Å². The number of nitrogens with one attached hydrogen (secondary N) is 1. The summed E-state index contributed by atoms with van der Waals surface area (Å²) in [4.78, 5) is 4.49. The first-order valence-corrected chi connectivity index (χ1v) is 8.80. The number of rotatable bonds is 3. The van der Waals surface area contributed by atoms with Crippen LogP contribution >= 0.6 is 0 Å². The normalized spacial score (nSPS) is 11.6. The fraction of sp³-hybridized carbons (Fsp3) is 0.167. The van der Waals surface area contributed by atoms with Crippen molar-refractivity contribution in [3.63, 3.8) is 0 Å². The van der Waals surface area contributed by atoms with E-state index in [2.05, 4.69) is 9.71 Å². The standard InChI is InChI=1S/C18H18N2O2S/c1-12-7-13(2)10-16(9-12)20-23(21,22)17-6-4-5-15-8-14(3)11-19-18(15)17/h4-11,20H,1-3H3. The Labute approximate surface area is 136 Å². The molecule has 23 heavy (non-hydrogen) atoms. The fourth-order valence-corrected chi connectivity index (χ4v) is 3.92. The van der Waals surface area contributed by atoms with E-state index in [0.717, 1.165) is 22.1 Å². The molecule has 0 bridgehead atoms. The van der Waals surface area contributed by atoms with Crippen LogP contribution in [-0.4, -0.2) is 13.4 Å². The molecule has 0 radical (unpaired) electrons. The predicted octanol–water partition coefficient (Wildman–Crippen LogP) is 3.96. The molecule has 0 aliphatic heterocycles. The van der Waals surface area contributed by atoms with E-state index in [1.807, 2.05) is 51.1 Å². The van der Waals surface area contributed by atoms with Gasteiger partial charge in [0.2, 0.25) is 0 Å². The Morgan fingerprint density at radius 3 is 2.30 bits per heavy atom. The Morgan fingerprint density at radius 1 is 0.913 bits per heavy atom. The SMILES string of the molecule is Cc1cc(C)cc(NS(=O)(=O)c2cccc3cc(C)cnc23)c1. The molecule has 5 heteroatoms. The molecule has 0 saturated carbocycles. The number of nitrogens with zero attached hydrogens (tertiary/aromatic N) is 1. The van der Waals surface area contributed by atoms with E-state index in [0.29, 0.717) is 11.2 Å². The second-order valence-corrected chi connectivity index (χ2v) is 7.47. The number of hydrogen-bond acceptors (Lipinski definition) is 3. The highest BCUT2D eigenvalue weighted by Gasteiger charge is 2.18. The van der Waals surface area contributed by atoms with Gasteiger partial charge in [0.05, 0.1) is 5.52 Å². The van der Waals surface area contributed by atoms with Crippen molar-refractivity contribution < 1.29 is 8.42 Å². The van der Waals surface area contributed by atoms with Crippen LogP contribution in [0.3, 0.4) is 0 Å². The third kappa shape index (κ3) is 3.19. The highest BCUT2D eigenvalue weighted by atomic mass is 32.2. The molecule has 0 amide bonds. The maximum Gasteiger partial charge on any atom is 0.264 e.